The molecule has 8 heteroatoms. The molecule has 0 aliphatic carbocycles. The Balaban J connectivity index is 0.00000288. The van der Waals surface area contributed by atoms with Crippen LogP contribution in [0.1, 0.15) is 20.7 Å². The predicted molar refractivity (Wildman–Crippen MR) is 88.7 cm³/mol. The van der Waals surface area contributed by atoms with E-state index >= 15 is 0 Å². The third-order valence-electron chi connectivity index (χ3n) is 2.99. The molecule has 1 amide bonds. The van der Waals surface area contributed by atoms with Crippen LogP contribution in [-0.4, -0.2) is 29.0 Å². The van der Waals surface area contributed by atoms with Crippen LogP contribution < -0.4 is 67.2 Å². The van der Waals surface area contributed by atoms with Crippen LogP contribution in [0.4, 0.5) is 5.69 Å². The maximum absolute atomic E-state index is 12.2. The summed E-state index contributed by atoms with van der Waals surface area (Å²) in [5, 5.41) is 15.6. The van der Waals surface area contributed by atoms with Crippen molar-refractivity contribution in [3.8, 4) is 0 Å². The van der Waals surface area contributed by atoms with E-state index in [4.69, 9.17) is 12.2 Å². The van der Waals surface area contributed by atoms with Crippen LogP contribution in [0.15, 0.2) is 54.6 Å². The van der Waals surface area contributed by atoms with Crippen molar-refractivity contribution in [2.24, 2.45) is 0 Å². The molecule has 118 valence electrons. The molecular weight excluding hydrogens is 353 g/mol. The second-order valence-electron chi connectivity index (χ2n) is 4.63. The number of carboxylic acids is 1. The number of para-hydroxylation sites is 1. The zero-order valence-electron chi connectivity index (χ0n) is 13.3. The Morgan fingerprint density at radius 2 is 1.54 bits per heavy atom. The molecule has 0 saturated carbocycles. The van der Waals surface area contributed by atoms with E-state index in [1.807, 2.05) is 30.3 Å². The van der Waals surface area contributed by atoms with Gasteiger partial charge >= 0.3 is 51.4 Å². The Morgan fingerprint density at radius 3 is 2.12 bits per heavy atom. The average Bonchev–Trinajstić information content (AvgIpc) is 2.55. The average molecular weight is 367 g/mol. The van der Waals surface area contributed by atoms with Crippen LogP contribution in [-0.2, 0) is 0 Å². The smallest absolute Gasteiger partial charge is 0.545 e. The van der Waals surface area contributed by atoms with Gasteiger partial charge in [-0.25, -0.2) is 0 Å². The van der Waals surface area contributed by atoms with Crippen LogP contribution in [0.5, 0.6) is 0 Å². The number of thiocarbonyl (C=S) groups is 1. The number of rotatable bonds is 3. The van der Waals surface area contributed by atoms with Crippen molar-refractivity contribution in [1.82, 2.24) is 10.4 Å². The van der Waals surface area contributed by atoms with Crippen molar-refractivity contribution >= 4 is 34.9 Å². The van der Waals surface area contributed by atoms with Gasteiger partial charge in [-0.1, -0.05) is 36.4 Å². The molecule has 0 saturated heterocycles. The van der Waals surface area contributed by atoms with Gasteiger partial charge in [-0.05, 0) is 30.4 Å². The summed E-state index contributed by atoms with van der Waals surface area (Å²) in [7, 11) is 1.55. The Labute approximate surface area is 187 Å². The number of carboxylic acid groups (broad SMARTS) is 1. The number of anilines is 1. The van der Waals surface area contributed by atoms with Crippen LogP contribution in [0, 0.1) is 0 Å². The van der Waals surface area contributed by atoms with E-state index < -0.39 is 11.9 Å². The number of nitrogens with zero attached hydrogens (tertiary/aromatic N) is 1. The van der Waals surface area contributed by atoms with Crippen molar-refractivity contribution in [2.45, 2.75) is 0 Å². The van der Waals surface area contributed by atoms with E-state index in [0.29, 0.717) is 0 Å². The van der Waals surface area contributed by atoms with Gasteiger partial charge < -0.3 is 15.2 Å². The minimum absolute atomic E-state index is 0. The third-order valence-corrected chi connectivity index (χ3v) is 3.37. The molecule has 0 heterocycles. The van der Waals surface area contributed by atoms with Crippen molar-refractivity contribution in [3.05, 3.63) is 65.7 Å². The second kappa shape index (κ2) is 9.87. The summed E-state index contributed by atoms with van der Waals surface area (Å²) >= 11 is 5.18. The number of benzene rings is 2. The topological polar surface area (TPSA) is 84.5 Å². The van der Waals surface area contributed by atoms with Crippen LogP contribution >= 0.6 is 12.2 Å². The number of hydrogen-bond acceptors (Lipinski definition) is 4. The molecule has 0 fully saturated rings. The molecule has 0 radical (unpaired) electrons. The zero-order chi connectivity index (χ0) is 16.8. The van der Waals surface area contributed by atoms with Gasteiger partial charge in [0.2, 0.25) is 0 Å². The molecule has 0 aliphatic heterocycles. The summed E-state index contributed by atoms with van der Waals surface area (Å²) in [5.74, 6) is -2.01. The van der Waals surface area contributed by atoms with Gasteiger partial charge in [-0.2, -0.15) is 0 Å². The van der Waals surface area contributed by atoms with Gasteiger partial charge in [0.05, 0.1) is 11.5 Å². The normalized spacial score (nSPS) is 9.38. The first kappa shape index (κ1) is 20.8. The first-order chi connectivity index (χ1) is 11.0. The molecule has 24 heavy (non-hydrogen) atoms. The van der Waals surface area contributed by atoms with Crippen molar-refractivity contribution in [3.63, 3.8) is 0 Å². The molecule has 2 aromatic rings. The summed E-state index contributed by atoms with van der Waals surface area (Å²) < 4.78 is 0. The predicted octanol–water partition coefficient (Wildman–Crippen LogP) is -1.97. The van der Waals surface area contributed by atoms with E-state index in [0.717, 1.165) is 5.69 Å². The molecule has 6 nitrogen and oxygen atoms in total. The monoisotopic (exact) mass is 367 g/mol. The summed E-state index contributed by atoms with van der Waals surface area (Å²) in [5.41, 5.74) is 3.10. The third kappa shape index (κ3) is 5.66. The van der Waals surface area contributed by atoms with Crippen LogP contribution in [0.3, 0.4) is 0 Å². The molecule has 2 N–H and O–H groups in total. The molecule has 0 atom stereocenters. The number of hydrogen-bond donors (Lipinski definition) is 2. The summed E-state index contributed by atoms with van der Waals surface area (Å²) in [6.45, 7) is 0. The molecule has 0 unspecified atom stereocenters. The van der Waals surface area contributed by atoms with E-state index in [1.165, 1.54) is 23.2 Å². The Bertz CT molecular complexity index is 740. The summed E-state index contributed by atoms with van der Waals surface area (Å²) in [6, 6.07) is 15.0. The Hall–Kier alpha value is -1.29. The molecule has 2 rings (SSSR count). The van der Waals surface area contributed by atoms with Crippen molar-refractivity contribution in [1.29, 1.82) is 0 Å². The number of hydrazine groups is 1. The van der Waals surface area contributed by atoms with E-state index in [1.54, 1.807) is 13.1 Å². The molecule has 0 aromatic heterocycles. The summed E-state index contributed by atoms with van der Waals surface area (Å²) in [6.07, 6.45) is 0. The number of amides is 1. The van der Waals surface area contributed by atoms with Gasteiger partial charge in [0.15, 0.2) is 5.11 Å². The van der Waals surface area contributed by atoms with Crippen molar-refractivity contribution in [2.75, 3.05) is 12.4 Å². The number of carbonyl (C=O) groups is 2. The molecule has 0 aliphatic rings. The fraction of sp³-hybridized carbons (Fsp3) is 0.0625. The standard InChI is InChI=1S/C16H15N3O3S.K/c1-19(16(23)17-11-7-3-2-4-8-11)18-14(20)12-9-5-6-10-13(12)15(21)22;/h2-10H,1H3,(H,17,23)(H,18,20)(H,21,22);/q;+1/p-1. The minimum Gasteiger partial charge on any atom is -0.545 e. The first-order valence-electron chi connectivity index (χ1n) is 6.70. The van der Waals surface area contributed by atoms with Gasteiger partial charge in [0.25, 0.3) is 5.91 Å². The largest absolute Gasteiger partial charge is 1.00 e. The van der Waals surface area contributed by atoms with E-state index in [-0.39, 0.29) is 67.6 Å². The van der Waals surface area contributed by atoms with Gasteiger partial charge in [-0.3, -0.25) is 15.2 Å². The molecule has 0 spiro atoms. The SMILES string of the molecule is CN(NC(=O)c1ccccc1C(=O)[O-])C(=S)Nc1ccccc1.[K+]. The molecular formula is C16H14KN3O3S. The number of aromatic carboxylic acids is 1. The minimum atomic E-state index is -1.41. The molecule has 0 bridgehead atoms. The fourth-order valence-electron chi connectivity index (χ4n) is 1.85. The summed E-state index contributed by atoms with van der Waals surface area (Å²) in [4.78, 5) is 23.3. The van der Waals surface area contributed by atoms with Gasteiger partial charge in [0, 0.05) is 18.3 Å². The van der Waals surface area contributed by atoms with Crippen LogP contribution in [0.2, 0.25) is 0 Å². The Kier molecular flexibility index (Phi) is 8.53. The Morgan fingerprint density at radius 1 is 1.00 bits per heavy atom. The van der Waals surface area contributed by atoms with Gasteiger partial charge in [0.1, 0.15) is 0 Å². The van der Waals surface area contributed by atoms with Crippen LogP contribution in [0.25, 0.3) is 0 Å². The maximum Gasteiger partial charge on any atom is 1.00 e. The van der Waals surface area contributed by atoms with E-state index in [2.05, 4.69) is 10.7 Å². The van der Waals surface area contributed by atoms with Crippen molar-refractivity contribution < 1.29 is 66.1 Å². The van der Waals surface area contributed by atoms with Gasteiger partial charge in [-0.15, -0.1) is 0 Å². The number of nitrogens with one attached hydrogen (secondary N) is 2. The molecule has 2 aromatic carbocycles. The fourth-order valence-corrected chi connectivity index (χ4v) is 2.01. The zero-order valence-corrected chi connectivity index (χ0v) is 17.2. The maximum atomic E-state index is 12.2. The first-order valence-corrected chi connectivity index (χ1v) is 7.11. The quantitative estimate of drug-likeness (QED) is 0.372. The van der Waals surface area contributed by atoms with E-state index in [9.17, 15) is 14.7 Å². The number of carbonyl (C=O) groups excluding carboxylic acids is 2. The second-order valence-corrected chi connectivity index (χ2v) is 5.02.